The van der Waals surface area contributed by atoms with Gasteiger partial charge in [-0.3, -0.25) is 10.2 Å². The smallest absolute Gasteiger partial charge is 0.277 e. The van der Waals surface area contributed by atoms with Gasteiger partial charge in [0, 0.05) is 17.1 Å². The van der Waals surface area contributed by atoms with Crippen molar-refractivity contribution >= 4 is 29.3 Å². The van der Waals surface area contributed by atoms with Crippen LogP contribution >= 0.6 is 11.6 Å². The van der Waals surface area contributed by atoms with Crippen LogP contribution in [0.1, 0.15) is 43.9 Å². The van der Waals surface area contributed by atoms with E-state index >= 15 is 0 Å². The molecule has 0 aliphatic carbocycles. The normalized spacial score (nSPS) is 19.8. The first-order valence-electron chi connectivity index (χ1n) is 11.3. The van der Waals surface area contributed by atoms with Crippen molar-refractivity contribution in [2.75, 3.05) is 13.2 Å². The summed E-state index contributed by atoms with van der Waals surface area (Å²) in [6.45, 7) is 9.32. The molecule has 1 amide bonds. The lowest BCUT2D eigenvalue weighted by molar-refractivity contribution is -0.124. The highest BCUT2D eigenvalue weighted by atomic mass is 35.5. The van der Waals surface area contributed by atoms with Gasteiger partial charge < -0.3 is 10.1 Å². The van der Waals surface area contributed by atoms with Gasteiger partial charge in [-0.1, -0.05) is 56.6 Å². The zero-order valence-electron chi connectivity index (χ0n) is 19.7. The Labute approximate surface area is 204 Å². The van der Waals surface area contributed by atoms with Crippen molar-refractivity contribution in [1.29, 1.82) is 0 Å². The minimum Gasteiger partial charge on any atom is -0.494 e. The van der Waals surface area contributed by atoms with Crippen molar-refractivity contribution in [2.45, 2.75) is 51.9 Å². The minimum atomic E-state index is -1.77. The van der Waals surface area contributed by atoms with Crippen LogP contribution in [-0.4, -0.2) is 48.2 Å². The molecule has 0 spiro atoms. The van der Waals surface area contributed by atoms with Crippen molar-refractivity contribution in [1.82, 2.24) is 15.8 Å². The van der Waals surface area contributed by atoms with E-state index in [2.05, 4.69) is 41.5 Å². The molecule has 2 aliphatic rings. The summed E-state index contributed by atoms with van der Waals surface area (Å²) >= 11 is 6.05. The second kappa shape index (κ2) is 9.62. The fourth-order valence-corrected chi connectivity index (χ4v) is 3.79. The first-order chi connectivity index (χ1) is 16.1. The molecular formula is C25H29ClFN5O2. The zero-order valence-corrected chi connectivity index (χ0v) is 20.5. The number of aliphatic imine (C=N–C) groups is 2. The van der Waals surface area contributed by atoms with Gasteiger partial charge in [-0.05, 0) is 48.1 Å². The predicted octanol–water partition coefficient (Wildman–Crippen LogP) is 4.13. The minimum absolute atomic E-state index is 0.0122. The maximum absolute atomic E-state index is 14.6. The fraction of sp³-hybridized carbons (Fsp3) is 0.400. The molecule has 2 heterocycles. The second-order valence-electron chi connectivity index (χ2n) is 9.42. The zero-order chi connectivity index (χ0) is 24.5. The molecule has 0 radical (unpaired) electrons. The number of aryl methyl sites for hydroxylation is 1. The van der Waals surface area contributed by atoms with Gasteiger partial charge in [0.15, 0.2) is 12.0 Å². The summed E-state index contributed by atoms with van der Waals surface area (Å²) in [6, 6.07) is 13.4. The van der Waals surface area contributed by atoms with Gasteiger partial charge >= 0.3 is 0 Å². The molecular weight excluding hydrogens is 457 g/mol. The molecule has 180 valence electrons. The molecule has 1 saturated heterocycles. The number of fused-ring (bicyclic) bond motifs is 1. The number of halogens is 2. The average Bonchev–Trinajstić information content (AvgIpc) is 3.09. The van der Waals surface area contributed by atoms with E-state index < -0.39 is 18.2 Å². The summed E-state index contributed by atoms with van der Waals surface area (Å²) < 4.78 is 20.3. The van der Waals surface area contributed by atoms with Crippen LogP contribution in [0.4, 0.5) is 4.39 Å². The molecule has 2 aliphatic heterocycles. The van der Waals surface area contributed by atoms with Crippen molar-refractivity contribution in [2.24, 2.45) is 9.98 Å². The highest BCUT2D eigenvalue weighted by Gasteiger charge is 2.45. The van der Waals surface area contributed by atoms with E-state index in [0.717, 1.165) is 16.9 Å². The standard InChI is InChI=1S/C25H29ClFN5O2/c1-15-14-18(10-11-19(15)26)34-13-5-12-28-24-30-21(29-22-20(27)23(33)31-32(22)24)16-6-8-17(9-7-16)25(2,3)4/h6-11,14,20,22H,5,12-13H2,1-4H3,(H,31,33)(H,28,29,30). The number of benzene rings is 2. The average molecular weight is 486 g/mol. The summed E-state index contributed by atoms with van der Waals surface area (Å²) in [5.41, 5.74) is 5.41. The van der Waals surface area contributed by atoms with E-state index in [-0.39, 0.29) is 5.41 Å². The second-order valence-corrected chi connectivity index (χ2v) is 9.82. The van der Waals surface area contributed by atoms with Crippen LogP contribution in [0.25, 0.3) is 0 Å². The summed E-state index contributed by atoms with van der Waals surface area (Å²) in [5.74, 6) is 0.758. The maximum Gasteiger partial charge on any atom is 0.277 e. The molecule has 0 bridgehead atoms. The first kappa shape index (κ1) is 24.0. The molecule has 4 rings (SSSR count). The molecule has 0 saturated carbocycles. The molecule has 34 heavy (non-hydrogen) atoms. The molecule has 9 heteroatoms. The topological polar surface area (TPSA) is 78.3 Å². The lowest BCUT2D eigenvalue weighted by atomic mass is 9.86. The molecule has 2 N–H and O–H groups in total. The van der Waals surface area contributed by atoms with Crippen LogP contribution in [0.15, 0.2) is 52.4 Å². The molecule has 0 aromatic heterocycles. The maximum atomic E-state index is 14.6. The van der Waals surface area contributed by atoms with Gasteiger partial charge in [-0.2, -0.15) is 4.99 Å². The van der Waals surface area contributed by atoms with Gasteiger partial charge in [0.2, 0.25) is 12.1 Å². The van der Waals surface area contributed by atoms with E-state index in [4.69, 9.17) is 16.3 Å². The largest absolute Gasteiger partial charge is 0.494 e. The van der Waals surface area contributed by atoms with Gasteiger partial charge in [-0.25, -0.2) is 14.4 Å². The van der Waals surface area contributed by atoms with E-state index in [1.807, 2.05) is 43.3 Å². The van der Waals surface area contributed by atoms with Gasteiger partial charge in [0.05, 0.1) is 6.61 Å². The molecule has 7 nitrogen and oxygen atoms in total. The molecule has 2 aromatic carbocycles. The van der Waals surface area contributed by atoms with E-state index in [1.165, 1.54) is 10.6 Å². The molecule has 2 unspecified atom stereocenters. The fourth-order valence-electron chi connectivity index (χ4n) is 3.67. The number of guanidine groups is 1. The van der Waals surface area contributed by atoms with Crippen LogP contribution in [-0.2, 0) is 10.2 Å². The van der Waals surface area contributed by atoms with Gasteiger partial charge in [0.1, 0.15) is 5.75 Å². The lowest BCUT2D eigenvalue weighted by Crippen LogP contribution is -2.52. The van der Waals surface area contributed by atoms with Crippen molar-refractivity contribution in [3.8, 4) is 5.75 Å². The molecule has 2 atom stereocenters. The summed E-state index contributed by atoms with van der Waals surface area (Å²) in [6.07, 6.45) is -2.11. The van der Waals surface area contributed by atoms with Crippen molar-refractivity contribution < 1.29 is 13.9 Å². The number of hydrogen-bond acceptors (Lipinski definition) is 6. The van der Waals surface area contributed by atoms with Crippen LogP contribution in [0, 0.1) is 6.92 Å². The van der Waals surface area contributed by atoms with Crippen LogP contribution in [0.5, 0.6) is 5.75 Å². The Morgan fingerprint density at radius 3 is 2.62 bits per heavy atom. The van der Waals surface area contributed by atoms with Crippen LogP contribution in [0.2, 0.25) is 5.02 Å². The number of carbonyl (C=O) groups excluding carboxylic acids is 1. The van der Waals surface area contributed by atoms with Gasteiger partial charge in [0.25, 0.3) is 5.91 Å². The van der Waals surface area contributed by atoms with Crippen LogP contribution < -0.4 is 15.5 Å². The number of nitrogens with zero attached hydrogens (tertiary/aromatic N) is 3. The Kier molecular flexibility index (Phi) is 6.79. The molecule has 1 fully saturated rings. The van der Waals surface area contributed by atoms with Gasteiger partial charge in [-0.15, -0.1) is 0 Å². The number of hydrogen-bond donors (Lipinski definition) is 2. The van der Waals surface area contributed by atoms with E-state index in [1.54, 1.807) is 6.07 Å². The number of amides is 1. The van der Waals surface area contributed by atoms with Crippen molar-refractivity contribution in [3.63, 3.8) is 0 Å². The number of amidine groups is 1. The Bertz CT molecular complexity index is 1130. The third-order valence-corrected chi connectivity index (χ3v) is 6.14. The number of rotatable bonds is 6. The Morgan fingerprint density at radius 2 is 1.94 bits per heavy atom. The van der Waals surface area contributed by atoms with E-state index in [9.17, 15) is 9.18 Å². The summed E-state index contributed by atoms with van der Waals surface area (Å²) in [7, 11) is 0. The third kappa shape index (κ3) is 5.17. The third-order valence-electron chi connectivity index (χ3n) is 5.71. The Morgan fingerprint density at radius 1 is 1.21 bits per heavy atom. The number of hydrazine groups is 1. The Hall–Kier alpha value is -3.13. The lowest BCUT2D eigenvalue weighted by Gasteiger charge is -2.28. The van der Waals surface area contributed by atoms with E-state index in [0.29, 0.717) is 36.4 Å². The monoisotopic (exact) mass is 485 g/mol. The predicted molar refractivity (Wildman–Crippen MR) is 132 cm³/mol. The number of carbonyl (C=O) groups is 1. The first-order valence-corrected chi connectivity index (χ1v) is 11.7. The molecule has 2 aromatic rings. The quantitative estimate of drug-likeness (QED) is 0.603. The SMILES string of the molecule is Cc1cc(OCCCNC2=NC(c3ccc(C(C)(C)C)cc3)=NC3C(F)C(=O)NN23)ccc1Cl. The highest BCUT2D eigenvalue weighted by Crippen LogP contribution is 2.25. The number of alkyl halides is 1. The number of nitrogens with one attached hydrogen (secondary N) is 2. The highest BCUT2D eigenvalue weighted by molar-refractivity contribution is 6.31. The van der Waals surface area contributed by atoms with Crippen LogP contribution in [0.3, 0.4) is 0 Å². The Balaban J connectivity index is 1.43. The summed E-state index contributed by atoms with van der Waals surface area (Å²) in [4.78, 5) is 20.9. The number of ether oxygens (including phenoxy) is 1. The van der Waals surface area contributed by atoms with Crippen molar-refractivity contribution in [3.05, 3.63) is 64.2 Å². The summed E-state index contributed by atoms with van der Waals surface area (Å²) in [5, 5.41) is 5.24.